The first-order chi connectivity index (χ1) is 32.8. The molecule has 0 unspecified atom stereocenters. The molecule has 6 rings (SSSR count). The predicted molar refractivity (Wildman–Crippen MR) is 264 cm³/mol. The molecule has 0 aliphatic carbocycles. The van der Waals surface area contributed by atoms with E-state index in [1.54, 1.807) is 93.8 Å². The van der Waals surface area contributed by atoms with E-state index in [0.29, 0.717) is 34.8 Å². The number of nitrogens with one attached hydrogen (secondary N) is 3. The van der Waals surface area contributed by atoms with Crippen LogP contribution in [0.5, 0.6) is 17.2 Å². The number of aryl methyl sites for hydroxylation is 1. The molecule has 1 aromatic heterocycles. The molecular weight excluding hydrogens is 1040 g/mol. The van der Waals surface area contributed by atoms with Gasteiger partial charge in [-0.15, -0.1) is 10.2 Å². The van der Waals surface area contributed by atoms with Gasteiger partial charge in [0.15, 0.2) is 0 Å². The Morgan fingerprint density at radius 1 is 0.739 bits per heavy atom. The summed E-state index contributed by atoms with van der Waals surface area (Å²) in [6, 6.07) is 29.7. The number of aromatic nitrogens is 4. The molecule has 2 amide bonds. The Morgan fingerprint density at radius 3 is 1.78 bits per heavy atom. The average Bonchev–Trinajstić information content (AvgIpc) is 3.79. The molecule has 0 spiro atoms. The van der Waals surface area contributed by atoms with Crippen LogP contribution in [0.2, 0.25) is 0 Å². The zero-order valence-electron chi connectivity index (χ0n) is 38.4. The number of hydrogen-bond donors (Lipinski definition) is 5. The van der Waals surface area contributed by atoms with E-state index in [1.165, 1.54) is 25.1 Å². The third-order valence-electron chi connectivity index (χ3n) is 11.4. The maximum atomic E-state index is 15.9. The normalized spacial score (nSPS) is 12.8. The van der Waals surface area contributed by atoms with Crippen molar-refractivity contribution in [2.75, 3.05) is 27.9 Å². The van der Waals surface area contributed by atoms with Crippen molar-refractivity contribution in [2.24, 2.45) is 5.41 Å². The Kier molecular flexibility index (Phi) is 17.2. The summed E-state index contributed by atoms with van der Waals surface area (Å²) in [6.07, 6.45) is -2.33. The number of methoxy groups -OCH3 is 3. The minimum atomic E-state index is -5.05. The molecular formula is C47H53IN8O11S2. The molecule has 6 aromatic rings. The van der Waals surface area contributed by atoms with Crippen molar-refractivity contribution < 1.29 is 50.8 Å². The fourth-order valence-electron chi connectivity index (χ4n) is 7.64. The highest BCUT2D eigenvalue weighted by atomic mass is 127. The largest absolute Gasteiger partial charge is 0.497 e. The minimum absolute atomic E-state index is 0.109. The van der Waals surface area contributed by atoms with Crippen molar-refractivity contribution in [1.82, 2.24) is 39.9 Å². The van der Waals surface area contributed by atoms with Gasteiger partial charge in [0, 0.05) is 29.2 Å². The second-order valence-corrected chi connectivity index (χ2v) is 21.2. The van der Waals surface area contributed by atoms with Gasteiger partial charge in [0.1, 0.15) is 27.0 Å². The molecule has 0 fully saturated rings. The number of rotatable bonds is 23. The second kappa shape index (κ2) is 22.8. The monoisotopic (exact) mass is 1100 g/mol. The van der Waals surface area contributed by atoms with Crippen LogP contribution >= 0.6 is 22.6 Å². The van der Waals surface area contributed by atoms with Gasteiger partial charge >= 0.3 is 12.2 Å². The summed E-state index contributed by atoms with van der Waals surface area (Å²) < 4.78 is 82.7. The van der Waals surface area contributed by atoms with Crippen molar-refractivity contribution in [1.29, 1.82) is 0 Å². The summed E-state index contributed by atoms with van der Waals surface area (Å²) in [6.45, 7) is 2.51. The van der Waals surface area contributed by atoms with Crippen LogP contribution in [0.1, 0.15) is 42.5 Å². The molecule has 0 bridgehead atoms. The first kappa shape index (κ1) is 52.0. The lowest BCUT2D eigenvalue weighted by Crippen LogP contribution is -2.61. The molecule has 0 aliphatic heterocycles. The lowest BCUT2D eigenvalue weighted by Gasteiger charge is -2.40. The van der Waals surface area contributed by atoms with Crippen LogP contribution in [-0.4, -0.2) is 104 Å². The maximum Gasteiger partial charge on any atom is 0.404 e. The van der Waals surface area contributed by atoms with Crippen LogP contribution in [0.15, 0.2) is 125 Å². The van der Waals surface area contributed by atoms with Crippen molar-refractivity contribution in [3.63, 3.8) is 0 Å². The van der Waals surface area contributed by atoms with E-state index in [1.807, 2.05) is 52.9 Å². The first-order valence-electron chi connectivity index (χ1n) is 21.4. The summed E-state index contributed by atoms with van der Waals surface area (Å²) >= 11 is 1.90. The van der Waals surface area contributed by atoms with Gasteiger partial charge < -0.3 is 35.1 Å². The van der Waals surface area contributed by atoms with E-state index in [-0.39, 0.29) is 41.0 Å². The van der Waals surface area contributed by atoms with E-state index in [2.05, 4.69) is 30.8 Å². The Balaban J connectivity index is 1.56. The third-order valence-corrected chi connectivity index (χ3v) is 15.8. The number of tetrazole rings is 1. The standard InChI is InChI=1S/C47H53IN8O11S2/c1-47(2,26-25-31-9-7-6-8-10-31)43(39(50-46(59)60)27-49-45(57)58)53-68(61,62)40-24-23-38(48)41(44-51-54-56(52-44)30-34-15-21-37(67-5)22-16-34)42(40)69(63,64)55(28-32-11-17-35(65-3)18-12-32)29-33-13-19-36(66-4)20-14-33/h6-24,39,43,49-50,53H,25-30H2,1-5H3,(H,57,58)(H,59,60)/t39-,43+/m0/s1. The summed E-state index contributed by atoms with van der Waals surface area (Å²) in [4.78, 5) is 24.0. The Morgan fingerprint density at radius 2 is 1.28 bits per heavy atom. The van der Waals surface area contributed by atoms with Gasteiger partial charge in [-0.2, -0.15) is 9.10 Å². The first-order valence-corrected chi connectivity index (χ1v) is 25.4. The Hall–Kier alpha value is -6.34. The number of amides is 2. The Labute approximate surface area is 414 Å². The average molecular weight is 1100 g/mol. The van der Waals surface area contributed by atoms with Gasteiger partial charge in [-0.1, -0.05) is 80.6 Å². The van der Waals surface area contributed by atoms with Crippen LogP contribution in [0.25, 0.3) is 11.4 Å². The van der Waals surface area contributed by atoms with Crippen LogP contribution in [0.4, 0.5) is 9.59 Å². The minimum Gasteiger partial charge on any atom is -0.497 e. The maximum absolute atomic E-state index is 15.9. The lowest BCUT2D eigenvalue weighted by molar-refractivity contribution is 0.159. The zero-order valence-corrected chi connectivity index (χ0v) is 42.2. The topological polar surface area (TPSA) is 253 Å². The highest BCUT2D eigenvalue weighted by Crippen LogP contribution is 2.39. The molecule has 2 atom stereocenters. The molecule has 69 heavy (non-hydrogen) atoms. The van der Waals surface area contributed by atoms with Gasteiger partial charge in [0.25, 0.3) is 0 Å². The van der Waals surface area contributed by atoms with E-state index in [0.717, 1.165) is 21.5 Å². The number of halogens is 1. The van der Waals surface area contributed by atoms with Crippen molar-refractivity contribution >= 4 is 54.8 Å². The molecule has 0 saturated carbocycles. The lowest BCUT2D eigenvalue weighted by atomic mass is 9.76. The van der Waals surface area contributed by atoms with Gasteiger partial charge in [-0.05, 0) is 117 Å². The molecule has 0 aliphatic rings. The van der Waals surface area contributed by atoms with Crippen molar-refractivity contribution in [3.05, 3.63) is 141 Å². The fourth-order valence-corrected chi connectivity index (χ4v) is 12.4. The number of carboxylic acid groups (broad SMARTS) is 2. The van der Waals surface area contributed by atoms with Crippen LogP contribution < -0.4 is 29.6 Å². The summed E-state index contributed by atoms with van der Waals surface area (Å²) in [7, 11) is -5.46. The highest BCUT2D eigenvalue weighted by Gasteiger charge is 2.43. The van der Waals surface area contributed by atoms with E-state index >= 15 is 16.8 Å². The van der Waals surface area contributed by atoms with Crippen LogP contribution in [-0.2, 0) is 46.1 Å². The zero-order chi connectivity index (χ0) is 49.9. The number of nitrogens with zero attached hydrogens (tertiary/aromatic N) is 5. The van der Waals surface area contributed by atoms with Gasteiger partial charge in [0.2, 0.25) is 25.9 Å². The summed E-state index contributed by atoms with van der Waals surface area (Å²) in [5, 5.41) is 37.2. The van der Waals surface area contributed by atoms with Gasteiger partial charge in [-0.25, -0.2) is 31.1 Å². The van der Waals surface area contributed by atoms with E-state index < -0.39 is 66.1 Å². The van der Waals surface area contributed by atoms with E-state index in [4.69, 9.17) is 14.2 Å². The van der Waals surface area contributed by atoms with Crippen LogP contribution in [0, 0.1) is 8.99 Å². The molecule has 5 N–H and O–H groups in total. The SMILES string of the molecule is COc1ccc(CN(Cc2ccc(OC)cc2)S(=O)(=O)c2c(S(=O)(=O)N[C@H]([C@H](CNC(=O)O)NC(=O)O)C(C)(C)CCc3ccccc3)ccc(I)c2-c2nnn(Cc3ccc(OC)cc3)n2)cc1. The van der Waals surface area contributed by atoms with E-state index in [9.17, 15) is 19.8 Å². The summed E-state index contributed by atoms with van der Waals surface area (Å²) in [5.41, 5.74) is 1.47. The molecule has 22 heteroatoms. The molecule has 1 heterocycles. The number of hydrogen-bond acceptors (Lipinski definition) is 12. The molecule has 5 aromatic carbocycles. The molecule has 0 radical (unpaired) electrons. The number of benzene rings is 5. The number of ether oxygens (including phenoxy) is 3. The smallest absolute Gasteiger partial charge is 0.404 e. The highest BCUT2D eigenvalue weighted by molar-refractivity contribution is 14.1. The fraction of sp³-hybridized carbons (Fsp3) is 0.298. The van der Waals surface area contributed by atoms with Crippen molar-refractivity contribution in [3.8, 4) is 28.6 Å². The predicted octanol–water partition coefficient (Wildman–Crippen LogP) is 6.62. The van der Waals surface area contributed by atoms with Crippen LogP contribution in [0.3, 0.4) is 0 Å². The third kappa shape index (κ3) is 13.5. The van der Waals surface area contributed by atoms with Gasteiger partial charge in [0.05, 0.1) is 39.5 Å². The molecule has 366 valence electrons. The molecule has 0 saturated heterocycles. The second-order valence-electron chi connectivity index (χ2n) is 16.5. The number of sulfonamides is 2. The summed E-state index contributed by atoms with van der Waals surface area (Å²) in [5.74, 6) is 1.48. The van der Waals surface area contributed by atoms with Gasteiger partial charge in [-0.3, -0.25) is 0 Å². The quantitative estimate of drug-likeness (QED) is 0.0423. The number of carbonyl (C=O) groups is 2. The van der Waals surface area contributed by atoms with Crippen molar-refractivity contribution in [2.45, 2.75) is 68.2 Å². The molecule has 19 nitrogen and oxygen atoms in total. The Bertz CT molecular complexity index is 2880.